The molecule has 15 aromatic rings. The molecule has 0 saturated carbocycles. The predicted octanol–water partition coefficient (Wildman–Crippen LogP) is 15.5. The normalized spacial score (nSPS) is 12.4. The van der Waals surface area contributed by atoms with Crippen molar-refractivity contribution in [2.24, 2.45) is 0 Å². The lowest BCUT2D eigenvalue weighted by Crippen LogP contribution is -2.02. The number of aromatic nitrogens is 5. The Bertz CT molecular complexity index is 4420. The molecular weight excluding hydrogens is 799 g/mol. The minimum Gasteiger partial charge on any atom is -0.309 e. The van der Waals surface area contributed by atoms with Crippen molar-refractivity contribution in [2.45, 2.75) is 0 Å². The van der Waals surface area contributed by atoms with Gasteiger partial charge < -0.3 is 8.97 Å². The third kappa shape index (κ3) is 4.51. The summed E-state index contributed by atoms with van der Waals surface area (Å²) in [5.74, 6) is 1.59. The molecule has 0 amide bonds. The number of hydrogen-bond acceptors (Lipinski definition) is 3. The molecule has 64 heavy (non-hydrogen) atoms. The highest BCUT2D eigenvalue weighted by atomic mass is 32.1. The summed E-state index contributed by atoms with van der Waals surface area (Å²) < 4.78 is 8.51. The number of fused-ring (bicyclic) bond motifs is 16. The largest absolute Gasteiger partial charge is 0.309 e. The Morgan fingerprint density at radius 2 is 0.906 bits per heavy atom. The van der Waals surface area contributed by atoms with Crippen LogP contribution in [0.15, 0.2) is 200 Å². The van der Waals surface area contributed by atoms with Gasteiger partial charge in [-0.3, -0.25) is 4.57 Å². The highest BCUT2D eigenvalue weighted by Crippen LogP contribution is 2.48. The fraction of sp³-hybridized carbons (Fsp3) is 0. The Labute approximate surface area is 369 Å². The number of nitrogens with zero attached hydrogens (tertiary/aromatic N) is 5. The first-order valence-corrected chi connectivity index (χ1v) is 22.6. The van der Waals surface area contributed by atoms with Gasteiger partial charge in [0, 0.05) is 64.4 Å². The molecule has 0 radical (unpaired) electrons. The van der Waals surface area contributed by atoms with Crippen LogP contribution in [0.1, 0.15) is 0 Å². The maximum atomic E-state index is 5.78. The van der Waals surface area contributed by atoms with E-state index in [2.05, 4.69) is 214 Å². The molecule has 0 spiro atoms. The molecule has 0 fully saturated rings. The number of para-hydroxylation sites is 4. The smallest absolute Gasteiger partial charge is 0.163 e. The second-order valence-corrected chi connectivity index (χ2v) is 17.9. The van der Waals surface area contributed by atoms with Crippen molar-refractivity contribution in [3.63, 3.8) is 0 Å². The highest BCUT2D eigenvalue weighted by Gasteiger charge is 2.27. The zero-order valence-corrected chi connectivity index (χ0v) is 35.0. The number of benzene rings is 9. The monoisotopic (exact) mass is 831 g/mol. The minimum atomic E-state index is 0.704. The first kappa shape index (κ1) is 34.3. The molecule has 0 unspecified atom stereocenters. The van der Waals surface area contributed by atoms with Crippen molar-refractivity contribution < 1.29 is 0 Å². The Morgan fingerprint density at radius 1 is 0.344 bits per heavy atom. The van der Waals surface area contributed by atoms with Gasteiger partial charge >= 0.3 is 0 Å². The van der Waals surface area contributed by atoms with E-state index in [4.69, 9.17) is 9.97 Å². The summed E-state index contributed by atoms with van der Waals surface area (Å²) in [5.41, 5.74) is 12.7. The molecule has 0 aliphatic heterocycles. The van der Waals surface area contributed by atoms with E-state index in [0.717, 1.165) is 49.2 Å². The van der Waals surface area contributed by atoms with Crippen LogP contribution < -0.4 is 0 Å². The van der Waals surface area contributed by atoms with Crippen LogP contribution in [0, 0.1) is 0 Å². The molecule has 0 N–H and O–H groups in total. The molecule has 9 aromatic carbocycles. The molecule has 6 aromatic heterocycles. The summed E-state index contributed by atoms with van der Waals surface area (Å²) in [6, 6.07) is 72.7. The van der Waals surface area contributed by atoms with E-state index < -0.39 is 0 Å². The first-order valence-electron chi connectivity index (χ1n) is 21.7. The summed E-state index contributed by atoms with van der Waals surface area (Å²) in [7, 11) is 0. The second-order valence-electron chi connectivity index (χ2n) is 16.9. The van der Waals surface area contributed by atoms with Gasteiger partial charge in [-0.1, -0.05) is 127 Å². The summed E-state index contributed by atoms with van der Waals surface area (Å²) in [4.78, 5) is 12.2. The van der Waals surface area contributed by atoms with E-state index in [1.54, 1.807) is 11.3 Å². The van der Waals surface area contributed by atoms with E-state index in [-0.39, 0.29) is 0 Å². The van der Waals surface area contributed by atoms with Crippen LogP contribution in [-0.4, -0.2) is 23.5 Å². The summed E-state index contributed by atoms with van der Waals surface area (Å²) >= 11 is 1.74. The van der Waals surface area contributed by atoms with Crippen LogP contribution in [0.25, 0.3) is 136 Å². The fourth-order valence-electron chi connectivity index (χ4n) is 10.9. The lowest BCUT2D eigenvalue weighted by molar-refractivity contribution is 1.08. The van der Waals surface area contributed by atoms with E-state index in [9.17, 15) is 0 Å². The summed E-state index contributed by atoms with van der Waals surface area (Å²) in [6.07, 6.45) is 0. The number of hydrogen-bond donors (Lipinski definition) is 0. The molecule has 0 aliphatic rings. The van der Waals surface area contributed by atoms with Crippen LogP contribution in [0.4, 0.5) is 0 Å². The first-order chi connectivity index (χ1) is 31.8. The van der Waals surface area contributed by atoms with Gasteiger partial charge in [0.25, 0.3) is 0 Å². The molecule has 15 rings (SSSR count). The van der Waals surface area contributed by atoms with Gasteiger partial charge in [-0.05, 0) is 83.9 Å². The van der Waals surface area contributed by atoms with Gasteiger partial charge in [0.05, 0.1) is 44.0 Å². The SMILES string of the molecule is c1ccc(-c2ccc3c(c2)c2cc4c5ccccc5n5c6ccccc6c(c2n3-c2nc(-c3ccc6c(c3)c3ccccc3n6-c3ccccc3)nc3sc6ccccc6c23)c45)cc1. The molecule has 0 bridgehead atoms. The van der Waals surface area contributed by atoms with Crippen LogP contribution in [-0.2, 0) is 0 Å². The lowest BCUT2D eigenvalue weighted by atomic mass is 10.0. The van der Waals surface area contributed by atoms with Crippen molar-refractivity contribution in [3.8, 4) is 34.0 Å². The third-order valence-electron chi connectivity index (χ3n) is 13.6. The van der Waals surface area contributed by atoms with Gasteiger partial charge in [0.15, 0.2) is 11.6 Å². The minimum absolute atomic E-state index is 0.704. The second kappa shape index (κ2) is 12.6. The Balaban J connectivity index is 1.11. The van der Waals surface area contributed by atoms with Crippen molar-refractivity contribution in [1.82, 2.24) is 23.5 Å². The summed E-state index contributed by atoms with van der Waals surface area (Å²) in [6.45, 7) is 0. The molecule has 0 aliphatic carbocycles. The fourth-order valence-corrected chi connectivity index (χ4v) is 12.0. The van der Waals surface area contributed by atoms with Crippen molar-refractivity contribution in [2.75, 3.05) is 0 Å². The van der Waals surface area contributed by atoms with E-state index in [1.165, 1.54) is 81.0 Å². The van der Waals surface area contributed by atoms with Crippen LogP contribution in [0.2, 0.25) is 0 Å². The van der Waals surface area contributed by atoms with E-state index in [1.807, 2.05) is 0 Å². The van der Waals surface area contributed by atoms with Crippen LogP contribution >= 0.6 is 11.3 Å². The van der Waals surface area contributed by atoms with Gasteiger partial charge in [0.2, 0.25) is 0 Å². The molecule has 6 heterocycles. The maximum absolute atomic E-state index is 5.78. The zero-order valence-electron chi connectivity index (χ0n) is 34.2. The van der Waals surface area contributed by atoms with Crippen LogP contribution in [0.3, 0.4) is 0 Å². The highest BCUT2D eigenvalue weighted by molar-refractivity contribution is 7.25. The quantitative estimate of drug-likeness (QED) is 0.177. The maximum Gasteiger partial charge on any atom is 0.163 e. The third-order valence-corrected chi connectivity index (χ3v) is 14.6. The van der Waals surface area contributed by atoms with Crippen LogP contribution in [0.5, 0.6) is 0 Å². The molecule has 0 atom stereocenters. The Kier molecular flexibility index (Phi) is 6.77. The van der Waals surface area contributed by atoms with Gasteiger partial charge in [-0.2, -0.15) is 0 Å². The predicted molar refractivity (Wildman–Crippen MR) is 269 cm³/mol. The lowest BCUT2D eigenvalue weighted by Gasteiger charge is -2.13. The molecule has 296 valence electrons. The van der Waals surface area contributed by atoms with E-state index in [0.29, 0.717) is 5.82 Å². The standard InChI is InChI=1S/C58H33N5S/c1-3-15-34(16-4-1)35-27-29-50-43(31-35)45-33-44-39-20-8-12-24-47(39)62-48-25-13-9-21-40(48)52(54(44)62)55(45)63(50)57-53-41-22-10-14-26-51(41)64-58(53)60-56(59-57)36-28-30-49-42(32-36)38-19-7-11-23-46(38)61(49)37-17-5-2-6-18-37/h1-33H. The van der Waals surface area contributed by atoms with E-state index >= 15 is 0 Å². The summed E-state index contributed by atoms with van der Waals surface area (Å²) in [5, 5.41) is 12.0. The average Bonchev–Trinajstić information content (AvgIpc) is 4.16. The molecule has 5 nitrogen and oxygen atoms in total. The van der Waals surface area contributed by atoms with Gasteiger partial charge in [0.1, 0.15) is 4.83 Å². The molecule has 0 saturated heterocycles. The van der Waals surface area contributed by atoms with Crippen molar-refractivity contribution in [1.29, 1.82) is 0 Å². The number of thiophene rings is 1. The Morgan fingerprint density at radius 3 is 1.70 bits per heavy atom. The molecular formula is C58H33N5S. The van der Waals surface area contributed by atoms with Crippen molar-refractivity contribution >= 4 is 113 Å². The average molecular weight is 832 g/mol. The molecule has 6 heteroatoms. The van der Waals surface area contributed by atoms with Crippen molar-refractivity contribution in [3.05, 3.63) is 200 Å². The van der Waals surface area contributed by atoms with Gasteiger partial charge in [-0.15, -0.1) is 11.3 Å². The number of rotatable bonds is 4. The zero-order chi connectivity index (χ0) is 41.6. The topological polar surface area (TPSA) is 40.0 Å². The van der Waals surface area contributed by atoms with Gasteiger partial charge in [-0.25, -0.2) is 9.97 Å². The Hall–Kier alpha value is -8.32.